The highest BCUT2D eigenvalue weighted by Crippen LogP contribution is 2.32. The van der Waals surface area contributed by atoms with E-state index in [1.807, 2.05) is 6.07 Å². The standard InChI is InChI=1S/C26H17Cl2F6N7/c27-20-8-6-17(25(29,30)31)10-15(20)13-35-40-23-12-22(37-19-4-2-1-3-5-19)38-24(39-23)41-36-14-16-11-18(26(32,33)34)7-9-21(16)28/h1-14H,(H3,37,38,39,40,41). The molecule has 212 valence electrons. The predicted octanol–water partition coefficient (Wildman–Crippen LogP) is 8.46. The molecule has 0 saturated carbocycles. The topological polar surface area (TPSA) is 86.6 Å². The summed E-state index contributed by atoms with van der Waals surface area (Å²) >= 11 is 12.0. The monoisotopic (exact) mass is 611 g/mol. The molecule has 0 spiro atoms. The molecule has 1 heterocycles. The highest BCUT2D eigenvalue weighted by Gasteiger charge is 2.31. The lowest BCUT2D eigenvalue weighted by Gasteiger charge is -2.10. The van der Waals surface area contributed by atoms with Gasteiger partial charge in [-0.2, -0.15) is 46.5 Å². The van der Waals surface area contributed by atoms with Crippen LogP contribution in [0.2, 0.25) is 10.0 Å². The zero-order valence-electron chi connectivity index (χ0n) is 20.4. The van der Waals surface area contributed by atoms with Crippen molar-refractivity contribution in [1.82, 2.24) is 9.97 Å². The Morgan fingerprint density at radius 3 is 1.68 bits per heavy atom. The third kappa shape index (κ3) is 8.32. The molecule has 0 atom stereocenters. The molecule has 3 N–H and O–H groups in total. The number of nitrogens with one attached hydrogen (secondary N) is 3. The summed E-state index contributed by atoms with van der Waals surface area (Å²) in [5.74, 6) is 0.253. The number of hydrogen-bond acceptors (Lipinski definition) is 7. The Morgan fingerprint density at radius 1 is 0.634 bits per heavy atom. The van der Waals surface area contributed by atoms with Gasteiger partial charge in [-0.3, -0.25) is 5.43 Å². The smallest absolute Gasteiger partial charge is 0.340 e. The second-order valence-electron chi connectivity index (χ2n) is 8.16. The van der Waals surface area contributed by atoms with Crippen molar-refractivity contribution >= 4 is 58.9 Å². The van der Waals surface area contributed by atoms with Crippen molar-refractivity contribution < 1.29 is 26.3 Å². The maximum Gasteiger partial charge on any atom is 0.416 e. The quantitative estimate of drug-likeness (QED) is 0.106. The number of aromatic nitrogens is 2. The van der Waals surface area contributed by atoms with Crippen LogP contribution in [0.4, 0.5) is 49.6 Å². The molecule has 3 aromatic carbocycles. The number of rotatable bonds is 8. The number of benzene rings is 3. The summed E-state index contributed by atoms with van der Waals surface area (Å²) in [4.78, 5) is 8.43. The Morgan fingerprint density at radius 2 is 1.15 bits per heavy atom. The molecule has 7 nitrogen and oxygen atoms in total. The molecule has 0 aliphatic rings. The number of anilines is 4. The second kappa shape index (κ2) is 12.4. The van der Waals surface area contributed by atoms with Gasteiger partial charge in [-0.15, -0.1) is 0 Å². The average Bonchev–Trinajstić information content (AvgIpc) is 2.90. The highest BCUT2D eigenvalue weighted by atomic mass is 35.5. The van der Waals surface area contributed by atoms with Gasteiger partial charge in [0.15, 0.2) is 5.82 Å². The van der Waals surface area contributed by atoms with E-state index >= 15 is 0 Å². The second-order valence-corrected chi connectivity index (χ2v) is 8.98. The van der Waals surface area contributed by atoms with Gasteiger partial charge in [0, 0.05) is 32.9 Å². The molecule has 1 aromatic heterocycles. The van der Waals surface area contributed by atoms with Gasteiger partial charge in [0.25, 0.3) is 0 Å². The Balaban J connectivity index is 1.58. The van der Waals surface area contributed by atoms with E-state index in [2.05, 4.69) is 36.3 Å². The SMILES string of the molecule is FC(F)(F)c1ccc(Cl)c(C=NNc2cc(Nc3ccccc3)nc(NN=Cc3cc(C(F)(F)F)ccc3Cl)n2)c1. The van der Waals surface area contributed by atoms with Crippen molar-refractivity contribution in [2.24, 2.45) is 10.2 Å². The van der Waals surface area contributed by atoms with Crippen LogP contribution < -0.4 is 16.2 Å². The summed E-state index contributed by atoms with van der Waals surface area (Å²) in [7, 11) is 0. The van der Waals surface area contributed by atoms with E-state index in [1.165, 1.54) is 6.07 Å². The molecule has 0 aliphatic carbocycles. The van der Waals surface area contributed by atoms with Gasteiger partial charge in [0.2, 0.25) is 5.95 Å². The molecule has 0 aliphatic heterocycles. The lowest BCUT2D eigenvalue weighted by Crippen LogP contribution is -2.06. The fourth-order valence-corrected chi connectivity index (χ4v) is 3.59. The molecule has 4 aromatic rings. The van der Waals surface area contributed by atoms with E-state index in [-0.39, 0.29) is 38.8 Å². The first-order valence-electron chi connectivity index (χ1n) is 11.4. The van der Waals surface area contributed by atoms with Crippen LogP contribution in [0.15, 0.2) is 83.0 Å². The molecular weight excluding hydrogens is 595 g/mol. The lowest BCUT2D eigenvalue weighted by molar-refractivity contribution is -0.138. The fraction of sp³-hybridized carbons (Fsp3) is 0.0769. The van der Waals surface area contributed by atoms with Gasteiger partial charge in [0.05, 0.1) is 23.6 Å². The zero-order valence-corrected chi connectivity index (χ0v) is 21.9. The van der Waals surface area contributed by atoms with Crippen LogP contribution in [0.5, 0.6) is 0 Å². The van der Waals surface area contributed by atoms with Crippen LogP contribution in [-0.2, 0) is 12.4 Å². The summed E-state index contributed by atoms with van der Waals surface area (Å²) in [5.41, 5.74) is 3.97. The molecule has 0 radical (unpaired) electrons. The van der Waals surface area contributed by atoms with Crippen LogP contribution >= 0.6 is 23.2 Å². The first kappa shape index (κ1) is 29.6. The minimum Gasteiger partial charge on any atom is -0.340 e. The van der Waals surface area contributed by atoms with Crippen LogP contribution in [0, 0.1) is 0 Å². The van der Waals surface area contributed by atoms with E-state index < -0.39 is 23.5 Å². The Hall–Kier alpha value is -4.36. The van der Waals surface area contributed by atoms with Crippen LogP contribution in [-0.4, -0.2) is 22.4 Å². The van der Waals surface area contributed by atoms with Crippen LogP contribution in [0.3, 0.4) is 0 Å². The first-order chi connectivity index (χ1) is 19.4. The summed E-state index contributed by atoms with van der Waals surface area (Å²) in [6, 6.07) is 16.0. The van der Waals surface area contributed by atoms with Crippen molar-refractivity contribution in [2.75, 3.05) is 16.2 Å². The highest BCUT2D eigenvalue weighted by molar-refractivity contribution is 6.33. The molecule has 4 rings (SSSR count). The third-order valence-corrected chi connectivity index (χ3v) is 5.86. The fourth-order valence-electron chi connectivity index (χ4n) is 3.25. The van der Waals surface area contributed by atoms with Crippen molar-refractivity contribution in [1.29, 1.82) is 0 Å². The summed E-state index contributed by atoms with van der Waals surface area (Å²) in [5, 5.41) is 10.9. The lowest BCUT2D eigenvalue weighted by atomic mass is 10.1. The van der Waals surface area contributed by atoms with Crippen LogP contribution in [0.25, 0.3) is 0 Å². The van der Waals surface area contributed by atoms with Gasteiger partial charge in [-0.1, -0.05) is 41.4 Å². The minimum absolute atomic E-state index is 0.00605. The third-order valence-electron chi connectivity index (χ3n) is 5.17. The normalized spacial score (nSPS) is 12.2. The van der Waals surface area contributed by atoms with Gasteiger partial charge in [-0.05, 0) is 48.5 Å². The molecule has 41 heavy (non-hydrogen) atoms. The molecular formula is C26H17Cl2F6N7. The molecule has 0 amide bonds. The number of hydrogen-bond donors (Lipinski definition) is 3. The number of nitrogens with zero attached hydrogens (tertiary/aromatic N) is 4. The molecule has 0 unspecified atom stereocenters. The van der Waals surface area contributed by atoms with Crippen molar-refractivity contribution in [2.45, 2.75) is 12.4 Å². The number of alkyl halides is 6. The van der Waals surface area contributed by atoms with Gasteiger partial charge >= 0.3 is 12.4 Å². The van der Waals surface area contributed by atoms with E-state index in [0.29, 0.717) is 5.69 Å². The van der Waals surface area contributed by atoms with E-state index in [0.717, 1.165) is 48.8 Å². The van der Waals surface area contributed by atoms with E-state index in [9.17, 15) is 26.3 Å². The zero-order chi connectivity index (χ0) is 29.6. The van der Waals surface area contributed by atoms with Crippen LogP contribution in [0.1, 0.15) is 22.3 Å². The van der Waals surface area contributed by atoms with E-state index in [4.69, 9.17) is 23.2 Å². The Bertz CT molecular complexity index is 1480. The predicted molar refractivity (Wildman–Crippen MR) is 147 cm³/mol. The Kier molecular flexibility index (Phi) is 8.98. The Labute approximate surface area is 238 Å². The molecule has 0 saturated heterocycles. The summed E-state index contributed by atoms with van der Waals surface area (Å²) < 4.78 is 78.3. The van der Waals surface area contributed by atoms with Crippen molar-refractivity contribution in [3.05, 3.63) is 105 Å². The number of halogens is 8. The number of para-hydroxylation sites is 1. The average molecular weight is 612 g/mol. The van der Waals surface area contributed by atoms with Gasteiger partial charge < -0.3 is 5.32 Å². The number of hydrazone groups is 2. The maximum absolute atomic E-state index is 13.1. The van der Waals surface area contributed by atoms with Gasteiger partial charge in [0.1, 0.15) is 5.82 Å². The first-order valence-corrected chi connectivity index (χ1v) is 12.2. The van der Waals surface area contributed by atoms with Crippen molar-refractivity contribution in [3.8, 4) is 0 Å². The van der Waals surface area contributed by atoms with Gasteiger partial charge in [-0.25, -0.2) is 5.43 Å². The van der Waals surface area contributed by atoms with E-state index in [1.54, 1.807) is 24.3 Å². The summed E-state index contributed by atoms with van der Waals surface area (Å²) in [6.45, 7) is 0. The molecule has 0 bridgehead atoms. The molecule has 0 fully saturated rings. The molecule has 15 heteroatoms. The largest absolute Gasteiger partial charge is 0.416 e. The maximum atomic E-state index is 13.1. The summed E-state index contributed by atoms with van der Waals surface area (Å²) in [6.07, 6.45) is -6.98. The minimum atomic E-state index is -4.57. The van der Waals surface area contributed by atoms with Crippen molar-refractivity contribution in [3.63, 3.8) is 0 Å².